The summed E-state index contributed by atoms with van der Waals surface area (Å²) in [5, 5.41) is 18.9. The van der Waals surface area contributed by atoms with Gasteiger partial charge in [-0.05, 0) is 24.3 Å². The van der Waals surface area contributed by atoms with Crippen molar-refractivity contribution in [2.24, 2.45) is 0 Å². The van der Waals surface area contributed by atoms with Crippen molar-refractivity contribution in [2.45, 2.75) is 0 Å². The summed E-state index contributed by atoms with van der Waals surface area (Å²) in [4.78, 5) is 48.7. The van der Waals surface area contributed by atoms with Crippen LogP contribution < -0.4 is 21.7 Å². The summed E-state index contributed by atoms with van der Waals surface area (Å²) in [5.41, 5.74) is -3.23. The minimum atomic E-state index is -0.890. The highest BCUT2D eigenvalue weighted by Crippen LogP contribution is 2.37. The van der Waals surface area contributed by atoms with Gasteiger partial charge in [0.25, 0.3) is 0 Å². The summed E-state index contributed by atoms with van der Waals surface area (Å²) in [6.45, 7) is 0. The van der Waals surface area contributed by atoms with Crippen LogP contribution in [0.25, 0.3) is 32.7 Å². The minimum absolute atomic E-state index is 0.111. The molecule has 2 aliphatic carbocycles. The number of phenolic OH excluding ortho intramolecular Hbond substituents is 2. The van der Waals surface area contributed by atoms with Gasteiger partial charge in [0.2, 0.25) is 21.7 Å². The first-order valence-corrected chi connectivity index (χ1v) is 6.32. The first-order chi connectivity index (χ1) is 10.4. The Morgan fingerprint density at radius 3 is 0.955 bits per heavy atom. The monoisotopic (exact) mass is 294 g/mol. The van der Waals surface area contributed by atoms with Crippen molar-refractivity contribution in [2.75, 3.05) is 0 Å². The lowest BCUT2D eigenvalue weighted by Crippen LogP contribution is -2.31. The lowest BCUT2D eigenvalue weighted by Gasteiger charge is -2.14. The molecule has 0 atom stereocenters. The molecule has 4 rings (SSSR count). The van der Waals surface area contributed by atoms with Crippen LogP contribution in [0.4, 0.5) is 0 Å². The summed E-state index contributed by atoms with van der Waals surface area (Å²) in [6, 6.07) is 4.40. The third-order valence-electron chi connectivity index (χ3n) is 3.89. The molecule has 0 heterocycles. The van der Waals surface area contributed by atoms with E-state index in [1.165, 1.54) is 0 Å². The first kappa shape index (κ1) is 12.5. The van der Waals surface area contributed by atoms with Gasteiger partial charge in [-0.2, -0.15) is 0 Å². The van der Waals surface area contributed by atoms with E-state index in [1.807, 2.05) is 0 Å². The van der Waals surface area contributed by atoms with Gasteiger partial charge in [0.15, 0.2) is 0 Å². The molecule has 6 heteroatoms. The van der Waals surface area contributed by atoms with Gasteiger partial charge in [-0.15, -0.1) is 0 Å². The molecule has 106 valence electrons. The minimum Gasteiger partial charge on any atom is -0.508 e. The Labute approximate surface area is 120 Å². The summed E-state index contributed by atoms with van der Waals surface area (Å²) in [6.07, 6.45) is 0. The van der Waals surface area contributed by atoms with E-state index in [0.29, 0.717) is 0 Å². The summed E-state index contributed by atoms with van der Waals surface area (Å²) in [7, 11) is 0. The number of rotatable bonds is 0. The van der Waals surface area contributed by atoms with Gasteiger partial charge in [-0.3, -0.25) is 19.2 Å². The van der Waals surface area contributed by atoms with Crippen molar-refractivity contribution in [3.63, 3.8) is 0 Å². The second-order valence-corrected chi connectivity index (χ2v) is 5.15. The van der Waals surface area contributed by atoms with Crippen LogP contribution in [0.1, 0.15) is 0 Å². The van der Waals surface area contributed by atoms with Crippen molar-refractivity contribution in [3.05, 3.63) is 65.2 Å². The number of hydrogen-bond donors (Lipinski definition) is 2. The van der Waals surface area contributed by atoms with Crippen LogP contribution in [-0.4, -0.2) is 10.2 Å². The van der Waals surface area contributed by atoms with E-state index in [-0.39, 0.29) is 44.2 Å². The molecule has 2 aliphatic rings. The van der Waals surface area contributed by atoms with Crippen molar-refractivity contribution >= 4 is 21.5 Å². The Morgan fingerprint density at radius 2 is 0.727 bits per heavy atom. The van der Waals surface area contributed by atoms with Gasteiger partial charge in [0.05, 0.1) is 0 Å². The van der Waals surface area contributed by atoms with Gasteiger partial charge < -0.3 is 10.2 Å². The molecule has 0 saturated heterocycles. The number of hydrogen-bond acceptors (Lipinski definition) is 6. The zero-order valence-electron chi connectivity index (χ0n) is 10.8. The maximum Gasteiger partial charge on any atom is 0.234 e. The van der Waals surface area contributed by atoms with Gasteiger partial charge >= 0.3 is 0 Å². The molecule has 0 amide bonds. The zero-order chi connectivity index (χ0) is 15.8. The molecule has 0 aromatic heterocycles. The van der Waals surface area contributed by atoms with E-state index in [4.69, 9.17) is 0 Å². The molecule has 0 radical (unpaired) electrons. The van der Waals surface area contributed by atoms with Crippen molar-refractivity contribution < 1.29 is 10.2 Å². The zero-order valence-corrected chi connectivity index (χ0v) is 10.8. The van der Waals surface area contributed by atoms with Gasteiger partial charge in [0.1, 0.15) is 11.5 Å². The van der Waals surface area contributed by atoms with Crippen LogP contribution >= 0.6 is 0 Å². The maximum atomic E-state index is 12.2. The predicted molar refractivity (Wildman–Crippen MR) is 80.0 cm³/mol. The standard InChI is InChI=1S/C16H6O6/c17-5-1-7-11-8(2-5)15(21)16(22)10-4-6(18)3-9(12(10)11)14(20)13(7)19/h1-4,17-18H. The molecule has 0 spiro atoms. The summed E-state index contributed by atoms with van der Waals surface area (Å²) in [5.74, 6) is -0.747. The Morgan fingerprint density at radius 1 is 0.500 bits per heavy atom. The van der Waals surface area contributed by atoms with Crippen LogP contribution in [-0.2, 0) is 0 Å². The van der Waals surface area contributed by atoms with Crippen molar-refractivity contribution in [3.8, 4) is 22.6 Å². The Kier molecular flexibility index (Phi) is 2.08. The lowest BCUT2D eigenvalue weighted by atomic mass is 9.87. The molecule has 0 fully saturated rings. The average Bonchev–Trinajstić information content (AvgIpc) is 2.48. The third kappa shape index (κ3) is 1.28. The predicted octanol–water partition coefficient (Wildman–Crippen LogP) is 0.263. The molecular formula is C16H6O6. The Balaban J connectivity index is 2.61. The molecule has 0 aliphatic heterocycles. The van der Waals surface area contributed by atoms with E-state index in [2.05, 4.69) is 0 Å². The van der Waals surface area contributed by atoms with E-state index >= 15 is 0 Å². The second kappa shape index (κ2) is 3.67. The molecule has 2 N–H and O–H groups in total. The van der Waals surface area contributed by atoms with Crippen LogP contribution in [0, 0.1) is 0 Å². The summed E-state index contributed by atoms with van der Waals surface area (Å²) >= 11 is 0. The largest absolute Gasteiger partial charge is 0.508 e. The second-order valence-electron chi connectivity index (χ2n) is 5.15. The Bertz CT molecular complexity index is 1070. The maximum absolute atomic E-state index is 12.2. The number of benzene rings is 4. The number of aromatic hydroxyl groups is 2. The fraction of sp³-hybridized carbons (Fsp3) is 0. The van der Waals surface area contributed by atoms with Crippen molar-refractivity contribution in [1.82, 2.24) is 0 Å². The van der Waals surface area contributed by atoms with Crippen LogP contribution in [0.3, 0.4) is 0 Å². The van der Waals surface area contributed by atoms with Gasteiger partial charge in [0, 0.05) is 32.7 Å². The number of phenols is 2. The molecule has 2 aromatic carbocycles. The van der Waals surface area contributed by atoms with Crippen LogP contribution in [0.5, 0.6) is 11.5 Å². The van der Waals surface area contributed by atoms with E-state index in [1.54, 1.807) is 0 Å². The van der Waals surface area contributed by atoms with E-state index in [0.717, 1.165) is 24.3 Å². The molecule has 0 unspecified atom stereocenters. The lowest BCUT2D eigenvalue weighted by molar-refractivity contribution is 0.476. The van der Waals surface area contributed by atoms with E-state index < -0.39 is 21.7 Å². The molecule has 0 saturated carbocycles. The van der Waals surface area contributed by atoms with Gasteiger partial charge in [-0.25, -0.2) is 0 Å². The molecule has 2 aromatic rings. The fourth-order valence-electron chi connectivity index (χ4n) is 3.00. The molecule has 6 nitrogen and oxygen atoms in total. The topological polar surface area (TPSA) is 109 Å². The smallest absolute Gasteiger partial charge is 0.234 e. The van der Waals surface area contributed by atoms with Crippen molar-refractivity contribution in [1.29, 1.82) is 0 Å². The molecule has 0 bridgehead atoms. The molecular weight excluding hydrogens is 288 g/mol. The van der Waals surface area contributed by atoms with Crippen LogP contribution in [0.2, 0.25) is 0 Å². The normalized spacial score (nSPS) is 11.8. The molecule has 22 heavy (non-hydrogen) atoms. The third-order valence-corrected chi connectivity index (χ3v) is 3.89. The van der Waals surface area contributed by atoms with Gasteiger partial charge in [-0.1, -0.05) is 0 Å². The average molecular weight is 294 g/mol. The highest BCUT2D eigenvalue weighted by molar-refractivity contribution is 6.12. The highest BCUT2D eigenvalue weighted by atomic mass is 16.3. The SMILES string of the molecule is O=c1c(=O)c2cc(O)cc3c2-c2c1cc(O)cc2c(=O)c3=O. The van der Waals surface area contributed by atoms with Crippen LogP contribution in [0.15, 0.2) is 43.4 Å². The summed E-state index contributed by atoms with van der Waals surface area (Å²) < 4.78 is 0. The highest BCUT2D eigenvalue weighted by Gasteiger charge is 2.25. The Hall–Kier alpha value is -3.28. The van der Waals surface area contributed by atoms with E-state index in [9.17, 15) is 29.4 Å². The quantitative estimate of drug-likeness (QED) is 0.356. The first-order valence-electron chi connectivity index (χ1n) is 6.32. The fourth-order valence-corrected chi connectivity index (χ4v) is 3.00.